The average molecular weight is 303 g/mol. The lowest BCUT2D eigenvalue weighted by molar-refractivity contribution is -0.687. The van der Waals surface area contributed by atoms with Crippen LogP contribution in [0.2, 0.25) is 0 Å². The summed E-state index contributed by atoms with van der Waals surface area (Å²) in [6.07, 6.45) is 7.12. The molecule has 3 heteroatoms. The molecule has 0 saturated heterocycles. The first-order chi connectivity index (χ1) is 10.7. The Hall–Kier alpha value is -1.35. The SMILES string of the molecule is CCc1cccc(CC)c1NC(=O)C[NH2+][C@@H]1CCCC[C@H]1C. The van der Waals surface area contributed by atoms with Gasteiger partial charge < -0.3 is 10.6 Å². The lowest BCUT2D eigenvalue weighted by atomic mass is 9.86. The number of nitrogens with one attached hydrogen (secondary N) is 1. The Morgan fingerprint density at radius 2 is 1.82 bits per heavy atom. The van der Waals surface area contributed by atoms with Gasteiger partial charge in [0.15, 0.2) is 6.54 Å². The molecule has 0 aliphatic heterocycles. The van der Waals surface area contributed by atoms with E-state index in [2.05, 4.69) is 49.6 Å². The van der Waals surface area contributed by atoms with Crippen LogP contribution in [0.1, 0.15) is 57.6 Å². The zero-order chi connectivity index (χ0) is 15.9. The number of carbonyl (C=O) groups excluding carboxylic acids is 1. The summed E-state index contributed by atoms with van der Waals surface area (Å²) >= 11 is 0. The van der Waals surface area contributed by atoms with Gasteiger partial charge in [-0.2, -0.15) is 0 Å². The van der Waals surface area contributed by atoms with Crippen LogP contribution in [-0.2, 0) is 17.6 Å². The number of nitrogens with two attached hydrogens (primary N) is 1. The van der Waals surface area contributed by atoms with Crippen molar-refractivity contribution in [1.82, 2.24) is 0 Å². The predicted molar refractivity (Wildman–Crippen MR) is 92.0 cm³/mol. The zero-order valence-corrected chi connectivity index (χ0v) is 14.3. The van der Waals surface area contributed by atoms with Gasteiger partial charge in [-0.05, 0) is 43.2 Å². The molecular formula is C19H31N2O+. The maximum atomic E-state index is 12.4. The third-order valence-corrected chi connectivity index (χ3v) is 5.05. The second-order valence-corrected chi connectivity index (χ2v) is 6.57. The van der Waals surface area contributed by atoms with Gasteiger partial charge in [0.25, 0.3) is 5.91 Å². The van der Waals surface area contributed by atoms with Gasteiger partial charge in [-0.15, -0.1) is 0 Å². The van der Waals surface area contributed by atoms with Crippen LogP contribution in [0.25, 0.3) is 0 Å². The Kier molecular flexibility index (Phi) is 6.44. The Morgan fingerprint density at radius 1 is 1.18 bits per heavy atom. The number of hydrogen-bond acceptors (Lipinski definition) is 1. The molecule has 0 heterocycles. The smallest absolute Gasteiger partial charge is 0.279 e. The second-order valence-electron chi connectivity index (χ2n) is 6.57. The maximum absolute atomic E-state index is 12.4. The normalized spacial score (nSPS) is 21.6. The van der Waals surface area contributed by atoms with E-state index in [1.165, 1.54) is 36.8 Å². The van der Waals surface area contributed by atoms with E-state index < -0.39 is 0 Å². The Balaban J connectivity index is 1.94. The molecule has 1 saturated carbocycles. The molecule has 1 amide bonds. The monoisotopic (exact) mass is 303 g/mol. The number of rotatable bonds is 6. The first kappa shape index (κ1) is 17.0. The molecule has 1 aromatic carbocycles. The number of para-hydroxylation sites is 1. The number of carbonyl (C=O) groups is 1. The average Bonchev–Trinajstić information content (AvgIpc) is 2.54. The van der Waals surface area contributed by atoms with Crippen molar-refractivity contribution >= 4 is 11.6 Å². The van der Waals surface area contributed by atoms with Gasteiger partial charge in [-0.25, -0.2) is 0 Å². The third kappa shape index (κ3) is 4.33. The minimum absolute atomic E-state index is 0.133. The van der Waals surface area contributed by atoms with Crippen LogP contribution in [-0.4, -0.2) is 18.5 Å². The molecule has 1 aromatic rings. The van der Waals surface area contributed by atoms with E-state index in [-0.39, 0.29) is 5.91 Å². The molecule has 3 nitrogen and oxygen atoms in total. The van der Waals surface area contributed by atoms with E-state index >= 15 is 0 Å². The highest BCUT2D eigenvalue weighted by molar-refractivity contribution is 5.93. The number of aryl methyl sites for hydroxylation is 2. The number of hydrogen-bond donors (Lipinski definition) is 2. The van der Waals surface area contributed by atoms with Gasteiger partial charge in [0.05, 0.1) is 6.04 Å². The number of benzene rings is 1. The van der Waals surface area contributed by atoms with Crippen LogP contribution in [0.15, 0.2) is 18.2 Å². The summed E-state index contributed by atoms with van der Waals surface area (Å²) in [4.78, 5) is 12.4. The highest BCUT2D eigenvalue weighted by Gasteiger charge is 2.24. The molecular weight excluding hydrogens is 272 g/mol. The van der Waals surface area contributed by atoms with Crippen molar-refractivity contribution in [2.45, 2.75) is 65.3 Å². The molecule has 1 fully saturated rings. The maximum Gasteiger partial charge on any atom is 0.279 e. The van der Waals surface area contributed by atoms with Crippen LogP contribution in [0.4, 0.5) is 5.69 Å². The van der Waals surface area contributed by atoms with Gasteiger partial charge >= 0.3 is 0 Å². The van der Waals surface area contributed by atoms with Crippen LogP contribution < -0.4 is 10.6 Å². The largest absolute Gasteiger partial charge is 0.336 e. The van der Waals surface area contributed by atoms with Gasteiger partial charge in [-0.1, -0.05) is 45.4 Å². The second kappa shape index (κ2) is 8.33. The van der Waals surface area contributed by atoms with Crippen molar-refractivity contribution in [2.75, 3.05) is 11.9 Å². The Bertz CT molecular complexity index is 476. The van der Waals surface area contributed by atoms with Gasteiger partial charge in [0.2, 0.25) is 0 Å². The first-order valence-corrected chi connectivity index (χ1v) is 8.89. The minimum atomic E-state index is 0.133. The van der Waals surface area contributed by atoms with E-state index in [0.29, 0.717) is 12.6 Å². The fourth-order valence-electron chi connectivity index (χ4n) is 3.55. The Morgan fingerprint density at radius 3 is 2.41 bits per heavy atom. The number of amides is 1. The molecule has 1 aliphatic carbocycles. The molecule has 22 heavy (non-hydrogen) atoms. The molecule has 0 radical (unpaired) electrons. The van der Waals surface area contributed by atoms with Crippen molar-refractivity contribution in [3.05, 3.63) is 29.3 Å². The molecule has 3 N–H and O–H groups in total. The summed E-state index contributed by atoms with van der Waals surface area (Å²) in [5.41, 5.74) is 3.51. The fourth-order valence-corrected chi connectivity index (χ4v) is 3.55. The minimum Gasteiger partial charge on any atom is -0.336 e. The molecule has 0 aromatic heterocycles. The molecule has 1 aliphatic rings. The van der Waals surface area contributed by atoms with Crippen LogP contribution in [0.5, 0.6) is 0 Å². The van der Waals surface area contributed by atoms with Crippen molar-refractivity contribution < 1.29 is 10.1 Å². The standard InChI is InChI=1S/C19H30N2O/c1-4-15-10-8-11-16(5-2)19(15)21-18(22)13-20-17-12-7-6-9-14(17)3/h8,10-11,14,17,20H,4-7,9,12-13H2,1-3H3,(H,21,22)/p+1/t14-,17-/m1/s1. The molecule has 0 spiro atoms. The molecule has 0 unspecified atom stereocenters. The quantitative estimate of drug-likeness (QED) is 0.834. The van der Waals surface area contributed by atoms with Gasteiger partial charge in [0.1, 0.15) is 0 Å². The summed E-state index contributed by atoms with van der Waals surface area (Å²) < 4.78 is 0. The van der Waals surface area contributed by atoms with Crippen molar-refractivity contribution in [3.63, 3.8) is 0 Å². The third-order valence-electron chi connectivity index (χ3n) is 5.05. The van der Waals surface area contributed by atoms with Crippen LogP contribution in [0, 0.1) is 5.92 Å². The molecule has 0 bridgehead atoms. The zero-order valence-electron chi connectivity index (χ0n) is 14.3. The van der Waals surface area contributed by atoms with Gasteiger partial charge in [-0.3, -0.25) is 4.79 Å². The molecule has 2 atom stereocenters. The summed E-state index contributed by atoms with van der Waals surface area (Å²) in [6.45, 7) is 7.14. The Labute approximate surface area is 134 Å². The summed E-state index contributed by atoms with van der Waals surface area (Å²) in [6, 6.07) is 6.93. The summed E-state index contributed by atoms with van der Waals surface area (Å²) in [5, 5.41) is 5.41. The number of quaternary nitrogens is 1. The van der Waals surface area contributed by atoms with E-state index in [4.69, 9.17) is 0 Å². The van der Waals surface area contributed by atoms with E-state index in [9.17, 15) is 4.79 Å². The van der Waals surface area contributed by atoms with Crippen molar-refractivity contribution in [3.8, 4) is 0 Å². The first-order valence-electron chi connectivity index (χ1n) is 8.89. The molecule has 2 rings (SSSR count). The summed E-state index contributed by atoms with van der Waals surface area (Å²) in [7, 11) is 0. The highest BCUT2D eigenvalue weighted by atomic mass is 16.1. The predicted octanol–water partition coefficient (Wildman–Crippen LogP) is 2.89. The summed E-state index contributed by atoms with van der Waals surface area (Å²) in [5.74, 6) is 0.865. The van der Waals surface area contributed by atoms with Crippen LogP contribution >= 0.6 is 0 Å². The lowest BCUT2D eigenvalue weighted by Gasteiger charge is -2.26. The van der Waals surface area contributed by atoms with E-state index in [0.717, 1.165) is 24.4 Å². The van der Waals surface area contributed by atoms with E-state index in [1.807, 2.05) is 0 Å². The molecule has 122 valence electrons. The van der Waals surface area contributed by atoms with Crippen LogP contribution in [0.3, 0.4) is 0 Å². The highest BCUT2D eigenvalue weighted by Crippen LogP contribution is 2.23. The van der Waals surface area contributed by atoms with Crippen molar-refractivity contribution in [2.24, 2.45) is 5.92 Å². The van der Waals surface area contributed by atoms with Crippen molar-refractivity contribution in [1.29, 1.82) is 0 Å². The van der Waals surface area contributed by atoms with Gasteiger partial charge in [0, 0.05) is 11.6 Å². The topological polar surface area (TPSA) is 45.7 Å². The van der Waals surface area contributed by atoms with E-state index in [1.54, 1.807) is 0 Å². The number of anilines is 1. The lowest BCUT2D eigenvalue weighted by Crippen LogP contribution is -2.93. The fraction of sp³-hybridized carbons (Fsp3) is 0.632.